The smallest absolute Gasteiger partial charge is 0.191 e. The second-order valence-corrected chi connectivity index (χ2v) is 9.10. The van der Waals surface area contributed by atoms with E-state index in [-0.39, 0.29) is 0 Å². The number of hydrogen-bond acceptors (Lipinski definition) is 4. The molecule has 1 fully saturated rings. The lowest BCUT2D eigenvalue weighted by molar-refractivity contribution is 0.221. The highest BCUT2D eigenvalue weighted by atomic mass is 15.3. The van der Waals surface area contributed by atoms with Crippen molar-refractivity contribution in [3.63, 3.8) is 0 Å². The molecule has 7 nitrogen and oxygen atoms in total. The third-order valence-electron chi connectivity index (χ3n) is 6.62. The molecule has 0 radical (unpaired) electrons. The average molecular weight is 438 g/mol. The second kappa shape index (κ2) is 12.0. The lowest BCUT2D eigenvalue weighted by Gasteiger charge is -2.26. The number of nitrogens with one attached hydrogen (secondary N) is 2. The maximum atomic E-state index is 4.43. The van der Waals surface area contributed by atoms with Crippen molar-refractivity contribution in [3.05, 3.63) is 47.0 Å². The molecular formula is C25H39N7. The molecule has 3 heterocycles. The van der Waals surface area contributed by atoms with Crippen LogP contribution in [0.1, 0.15) is 67.7 Å². The SMILES string of the molecule is CN=C(NCCCc1nnc2n1CCCCC2)NCc1ccc(CN2CCCCC2)cc1. The van der Waals surface area contributed by atoms with Crippen LogP contribution in [-0.2, 0) is 32.5 Å². The molecule has 1 saturated heterocycles. The molecule has 0 amide bonds. The summed E-state index contributed by atoms with van der Waals surface area (Å²) in [5, 5.41) is 15.7. The van der Waals surface area contributed by atoms with Gasteiger partial charge in [-0.05, 0) is 56.3 Å². The maximum absolute atomic E-state index is 4.43. The number of aromatic nitrogens is 3. The van der Waals surface area contributed by atoms with Gasteiger partial charge in [0.2, 0.25) is 0 Å². The van der Waals surface area contributed by atoms with Gasteiger partial charge in [0, 0.05) is 46.1 Å². The fraction of sp³-hybridized carbons (Fsp3) is 0.640. The first kappa shape index (κ1) is 22.8. The number of fused-ring (bicyclic) bond motifs is 1. The summed E-state index contributed by atoms with van der Waals surface area (Å²) in [6.07, 6.45) is 10.9. The summed E-state index contributed by atoms with van der Waals surface area (Å²) >= 11 is 0. The monoisotopic (exact) mass is 437 g/mol. The number of guanidine groups is 1. The van der Waals surface area contributed by atoms with E-state index in [0.29, 0.717) is 0 Å². The summed E-state index contributed by atoms with van der Waals surface area (Å²) in [5.74, 6) is 3.16. The van der Waals surface area contributed by atoms with E-state index in [0.717, 1.165) is 57.2 Å². The molecule has 0 spiro atoms. The zero-order valence-electron chi connectivity index (χ0n) is 19.7. The van der Waals surface area contributed by atoms with Gasteiger partial charge in [-0.1, -0.05) is 37.1 Å². The summed E-state index contributed by atoms with van der Waals surface area (Å²) in [6.45, 7) is 6.28. The lowest BCUT2D eigenvalue weighted by atomic mass is 10.1. The Kier molecular flexibility index (Phi) is 8.54. The molecule has 1 aromatic carbocycles. The average Bonchev–Trinajstić information content (AvgIpc) is 3.06. The fourth-order valence-corrected chi connectivity index (χ4v) is 4.73. The minimum absolute atomic E-state index is 0.779. The normalized spacial score (nSPS) is 17.6. The predicted octanol–water partition coefficient (Wildman–Crippen LogP) is 3.29. The Balaban J connectivity index is 1.16. The largest absolute Gasteiger partial charge is 0.356 e. The van der Waals surface area contributed by atoms with Crippen molar-refractivity contribution in [3.8, 4) is 0 Å². The van der Waals surface area contributed by atoms with Crippen molar-refractivity contribution >= 4 is 5.96 Å². The third-order valence-corrected chi connectivity index (χ3v) is 6.62. The van der Waals surface area contributed by atoms with Crippen molar-refractivity contribution in [2.24, 2.45) is 4.99 Å². The molecule has 2 aromatic rings. The van der Waals surface area contributed by atoms with Gasteiger partial charge in [-0.25, -0.2) is 0 Å². The van der Waals surface area contributed by atoms with Gasteiger partial charge in [0.15, 0.2) is 5.96 Å². The zero-order valence-corrected chi connectivity index (χ0v) is 19.7. The summed E-state index contributed by atoms with van der Waals surface area (Å²) in [5.41, 5.74) is 2.69. The van der Waals surface area contributed by atoms with Gasteiger partial charge in [0.05, 0.1) is 0 Å². The van der Waals surface area contributed by atoms with E-state index in [2.05, 4.69) is 59.6 Å². The first-order valence-electron chi connectivity index (χ1n) is 12.5. The summed E-state index contributed by atoms with van der Waals surface area (Å²) in [6, 6.07) is 9.00. The van der Waals surface area contributed by atoms with Crippen LogP contribution in [0.15, 0.2) is 29.3 Å². The Morgan fingerprint density at radius 1 is 0.906 bits per heavy atom. The lowest BCUT2D eigenvalue weighted by Crippen LogP contribution is -2.37. The molecule has 0 aliphatic carbocycles. The van der Waals surface area contributed by atoms with Gasteiger partial charge >= 0.3 is 0 Å². The van der Waals surface area contributed by atoms with Gasteiger partial charge in [0.1, 0.15) is 11.6 Å². The molecule has 32 heavy (non-hydrogen) atoms. The minimum atomic E-state index is 0.779. The molecule has 2 aliphatic heterocycles. The summed E-state index contributed by atoms with van der Waals surface area (Å²) < 4.78 is 2.34. The van der Waals surface area contributed by atoms with Crippen LogP contribution in [0.3, 0.4) is 0 Å². The number of aliphatic imine (C=N–C) groups is 1. The number of rotatable bonds is 8. The molecule has 0 saturated carbocycles. The molecular weight excluding hydrogens is 398 g/mol. The van der Waals surface area contributed by atoms with Gasteiger partial charge in [0.25, 0.3) is 0 Å². The van der Waals surface area contributed by atoms with Gasteiger partial charge in [-0.15, -0.1) is 10.2 Å². The quantitative estimate of drug-likeness (QED) is 0.377. The standard InChI is InChI=1S/C25H39N7/c1-26-25(27-15-8-10-24-30-29-23-9-4-2-7-18-32(23)24)28-19-21-11-13-22(14-12-21)20-31-16-5-3-6-17-31/h11-14H,2-10,15-20H2,1H3,(H2,26,27,28). The van der Waals surface area contributed by atoms with Crippen LogP contribution in [0.5, 0.6) is 0 Å². The van der Waals surface area contributed by atoms with E-state index in [4.69, 9.17) is 0 Å². The second-order valence-electron chi connectivity index (χ2n) is 9.10. The van der Waals surface area contributed by atoms with Crippen LogP contribution in [0.2, 0.25) is 0 Å². The summed E-state index contributed by atoms with van der Waals surface area (Å²) in [7, 11) is 1.83. The van der Waals surface area contributed by atoms with Crippen molar-refractivity contribution in [2.75, 3.05) is 26.7 Å². The van der Waals surface area contributed by atoms with E-state index in [1.54, 1.807) is 0 Å². The van der Waals surface area contributed by atoms with Crippen LogP contribution >= 0.6 is 0 Å². The number of hydrogen-bond donors (Lipinski definition) is 2. The number of likely N-dealkylation sites (tertiary alicyclic amines) is 1. The van der Waals surface area contributed by atoms with Gasteiger partial charge in [-0.3, -0.25) is 9.89 Å². The van der Waals surface area contributed by atoms with Crippen molar-refractivity contribution in [2.45, 2.75) is 77.4 Å². The Morgan fingerprint density at radius 3 is 2.47 bits per heavy atom. The maximum Gasteiger partial charge on any atom is 0.191 e. The Morgan fingerprint density at radius 2 is 1.66 bits per heavy atom. The van der Waals surface area contributed by atoms with Crippen LogP contribution in [0.25, 0.3) is 0 Å². The highest BCUT2D eigenvalue weighted by molar-refractivity contribution is 5.79. The predicted molar refractivity (Wildman–Crippen MR) is 130 cm³/mol. The molecule has 0 unspecified atom stereocenters. The number of aryl methyl sites for hydroxylation is 2. The third kappa shape index (κ3) is 6.55. The van der Waals surface area contributed by atoms with E-state index >= 15 is 0 Å². The van der Waals surface area contributed by atoms with Crippen molar-refractivity contribution < 1.29 is 0 Å². The van der Waals surface area contributed by atoms with Gasteiger partial charge < -0.3 is 15.2 Å². The molecule has 0 atom stereocenters. The summed E-state index contributed by atoms with van der Waals surface area (Å²) in [4.78, 5) is 6.94. The van der Waals surface area contributed by atoms with Crippen LogP contribution < -0.4 is 10.6 Å². The number of nitrogens with zero attached hydrogens (tertiary/aromatic N) is 5. The molecule has 4 rings (SSSR count). The van der Waals surface area contributed by atoms with Crippen molar-refractivity contribution in [1.82, 2.24) is 30.3 Å². The molecule has 2 aliphatic rings. The van der Waals surface area contributed by atoms with Gasteiger partial charge in [-0.2, -0.15) is 0 Å². The Hall–Kier alpha value is -2.41. The van der Waals surface area contributed by atoms with E-state index in [1.807, 2.05) is 7.05 Å². The van der Waals surface area contributed by atoms with E-state index in [9.17, 15) is 0 Å². The number of benzene rings is 1. The highest BCUT2D eigenvalue weighted by Crippen LogP contribution is 2.15. The molecule has 7 heteroatoms. The minimum Gasteiger partial charge on any atom is -0.356 e. The molecule has 0 bridgehead atoms. The zero-order chi connectivity index (χ0) is 22.0. The first-order valence-corrected chi connectivity index (χ1v) is 12.5. The van der Waals surface area contributed by atoms with Crippen molar-refractivity contribution in [1.29, 1.82) is 0 Å². The first-order chi connectivity index (χ1) is 15.8. The van der Waals surface area contributed by atoms with E-state index in [1.165, 1.54) is 68.6 Å². The van der Waals surface area contributed by atoms with Crippen LogP contribution in [0, 0.1) is 0 Å². The van der Waals surface area contributed by atoms with E-state index < -0.39 is 0 Å². The fourth-order valence-electron chi connectivity index (χ4n) is 4.73. The Bertz CT molecular complexity index is 850. The number of piperidine rings is 1. The molecule has 1 aromatic heterocycles. The Labute approximate surface area is 192 Å². The molecule has 2 N–H and O–H groups in total. The van der Waals surface area contributed by atoms with Crippen LogP contribution in [0.4, 0.5) is 0 Å². The van der Waals surface area contributed by atoms with Crippen LogP contribution in [-0.4, -0.2) is 52.3 Å². The molecule has 174 valence electrons. The highest BCUT2D eigenvalue weighted by Gasteiger charge is 2.14. The topological polar surface area (TPSA) is 70.4 Å².